The lowest BCUT2D eigenvalue weighted by Gasteiger charge is -2.33. The van der Waals surface area contributed by atoms with Crippen LogP contribution in [0.4, 0.5) is 0 Å². The molecular weight excluding hydrogens is 228 g/mol. The normalized spacial score (nSPS) is 42.6. The summed E-state index contributed by atoms with van der Waals surface area (Å²) in [5, 5.41) is 20.0. The van der Waals surface area contributed by atoms with Crippen LogP contribution in [-0.4, -0.2) is 63.7 Å². The van der Waals surface area contributed by atoms with Gasteiger partial charge in [-0.25, -0.2) is 0 Å². The molecule has 0 saturated carbocycles. The summed E-state index contributed by atoms with van der Waals surface area (Å²) in [5.74, 6) is 0. The summed E-state index contributed by atoms with van der Waals surface area (Å²) in [7, 11) is 0. The number of aliphatic hydroxyl groups excluding tert-OH is 2. The Balaban J connectivity index is 1.70. The maximum atomic E-state index is 9.94. The smallest absolute Gasteiger partial charge is 0.162 e. The minimum atomic E-state index is -0.484. The van der Waals surface area contributed by atoms with E-state index in [2.05, 4.69) is 9.89 Å². The molecule has 0 unspecified atom stereocenters. The molecule has 2 saturated heterocycles. The van der Waals surface area contributed by atoms with Gasteiger partial charge in [0.15, 0.2) is 5.17 Å². The third-order valence-electron chi connectivity index (χ3n) is 3.32. The maximum absolute atomic E-state index is 9.94. The summed E-state index contributed by atoms with van der Waals surface area (Å²) in [6, 6.07) is -0.150. The fraction of sp³-hybridized carbons (Fsp3) is 0.900. The molecule has 6 heteroatoms. The first kappa shape index (κ1) is 10.8. The van der Waals surface area contributed by atoms with E-state index in [1.165, 1.54) is 6.42 Å². The lowest BCUT2D eigenvalue weighted by Crippen LogP contribution is -2.45. The Hall–Kier alpha value is -0.300. The van der Waals surface area contributed by atoms with Gasteiger partial charge in [0.25, 0.3) is 0 Å². The Labute approximate surface area is 98.5 Å². The quantitative estimate of drug-likeness (QED) is 0.659. The predicted octanol–water partition coefficient (Wildman–Crippen LogP) is -0.368. The monoisotopic (exact) mass is 244 g/mol. The molecule has 0 radical (unpaired) electrons. The summed E-state index contributed by atoms with van der Waals surface area (Å²) >= 11 is 1.58. The molecule has 16 heavy (non-hydrogen) atoms. The topological polar surface area (TPSA) is 65.3 Å². The fourth-order valence-electron chi connectivity index (χ4n) is 2.20. The molecule has 0 aromatic carbocycles. The van der Waals surface area contributed by atoms with Crippen molar-refractivity contribution in [3.05, 3.63) is 0 Å². The van der Waals surface area contributed by atoms with Crippen LogP contribution in [0.25, 0.3) is 0 Å². The van der Waals surface area contributed by atoms with Crippen molar-refractivity contribution in [2.24, 2.45) is 4.99 Å². The number of rotatable bonds is 1. The minimum Gasteiger partial charge on any atom is -0.394 e. The van der Waals surface area contributed by atoms with E-state index < -0.39 is 6.10 Å². The van der Waals surface area contributed by atoms with E-state index in [4.69, 9.17) is 9.84 Å². The van der Waals surface area contributed by atoms with Gasteiger partial charge in [0.1, 0.15) is 11.5 Å². The van der Waals surface area contributed by atoms with Crippen LogP contribution in [0.5, 0.6) is 0 Å². The number of thioether (sulfide) groups is 1. The number of aliphatic imine (C=N–C) groups is 1. The van der Waals surface area contributed by atoms with Gasteiger partial charge < -0.3 is 19.8 Å². The van der Waals surface area contributed by atoms with Crippen molar-refractivity contribution in [1.29, 1.82) is 0 Å². The SMILES string of the molecule is OC[C@@H]1C[C@H](O)[C@H]2N=C(N3CCC3)S[C@H]2O1. The Morgan fingerprint density at radius 2 is 2.31 bits per heavy atom. The second kappa shape index (κ2) is 4.18. The van der Waals surface area contributed by atoms with E-state index in [-0.39, 0.29) is 24.2 Å². The Bertz CT molecular complexity index is 308. The number of amidine groups is 1. The molecule has 3 rings (SSSR count). The van der Waals surface area contributed by atoms with Crippen LogP contribution in [0.3, 0.4) is 0 Å². The number of hydrogen-bond acceptors (Lipinski definition) is 6. The number of ether oxygens (including phenoxy) is 1. The highest BCUT2D eigenvalue weighted by Crippen LogP contribution is 2.37. The van der Waals surface area contributed by atoms with E-state index in [1.54, 1.807) is 11.8 Å². The van der Waals surface area contributed by atoms with Gasteiger partial charge in [0, 0.05) is 19.5 Å². The highest BCUT2D eigenvalue weighted by molar-refractivity contribution is 8.14. The minimum absolute atomic E-state index is 0.0279. The summed E-state index contributed by atoms with van der Waals surface area (Å²) < 4.78 is 5.69. The van der Waals surface area contributed by atoms with Gasteiger partial charge >= 0.3 is 0 Å². The molecule has 2 N–H and O–H groups in total. The van der Waals surface area contributed by atoms with Gasteiger partial charge in [-0.3, -0.25) is 4.99 Å². The Morgan fingerprint density at radius 1 is 1.50 bits per heavy atom. The van der Waals surface area contributed by atoms with Crippen molar-refractivity contribution >= 4 is 16.9 Å². The molecule has 2 fully saturated rings. The maximum Gasteiger partial charge on any atom is 0.162 e. The number of aliphatic hydroxyl groups is 2. The molecule has 0 aliphatic carbocycles. The second-order valence-corrected chi connectivity index (χ2v) is 5.54. The fourth-order valence-corrected chi connectivity index (χ4v) is 3.52. The van der Waals surface area contributed by atoms with Crippen molar-refractivity contribution in [3.63, 3.8) is 0 Å². The van der Waals surface area contributed by atoms with Gasteiger partial charge in [-0.05, 0) is 6.42 Å². The zero-order valence-electron chi connectivity index (χ0n) is 8.95. The lowest BCUT2D eigenvalue weighted by atomic mass is 10.0. The van der Waals surface area contributed by atoms with Crippen LogP contribution in [0, 0.1) is 0 Å². The highest BCUT2D eigenvalue weighted by Gasteiger charge is 2.44. The molecule has 0 amide bonds. The van der Waals surface area contributed by atoms with Crippen molar-refractivity contribution in [1.82, 2.24) is 4.90 Å². The van der Waals surface area contributed by atoms with Gasteiger partial charge in [-0.15, -0.1) is 0 Å². The second-order valence-electron chi connectivity index (χ2n) is 4.47. The molecule has 90 valence electrons. The summed E-state index contributed by atoms with van der Waals surface area (Å²) in [6.07, 6.45) is 0.976. The molecule has 3 aliphatic rings. The van der Waals surface area contributed by atoms with Gasteiger partial charge in [-0.1, -0.05) is 11.8 Å². The predicted molar refractivity (Wildman–Crippen MR) is 61.4 cm³/mol. The average Bonchev–Trinajstić information content (AvgIpc) is 2.58. The summed E-state index contributed by atoms with van der Waals surface area (Å²) in [6.45, 7) is 2.09. The summed E-state index contributed by atoms with van der Waals surface area (Å²) in [4.78, 5) is 6.75. The first-order chi connectivity index (χ1) is 7.78. The Morgan fingerprint density at radius 3 is 2.94 bits per heavy atom. The van der Waals surface area contributed by atoms with Crippen LogP contribution in [0.1, 0.15) is 12.8 Å². The molecule has 0 spiro atoms. The van der Waals surface area contributed by atoms with Crippen molar-refractivity contribution in [2.75, 3.05) is 19.7 Å². The third kappa shape index (κ3) is 1.73. The first-order valence-electron chi connectivity index (χ1n) is 5.71. The van der Waals surface area contributed by atoms with E-state index >= 15 is 0 Å². The summed E-state index contributed by atoms with van der Waals surface area (Å²) in [5.41, 5.74) is -0.114. The zero-order chi connectivity index (χ0) is 11.1. The van der Waals surface area contributed by atoms with E-state index in [0.29, 0.717) is 6.42 Å². The molecule has 0 aromatic rings. The number of hydrogen-bond donors (Lipinski definition) is 2. The molecule has 0 bridgehead atoms. The first-order valence-corrected chi connectivity index (χ1v) is 6.59. The van der Waals surface area contributed by atoms with Crippen LogP contribution < -0.4 is 0 Å². The van der Waals surface area contributed by atoms with Gasteiger partial charge in [0.05, 0.1) is 18.8 Å². The molecule has 0 aromatic heterocycles. The van der Waals surface area contributed by atoms with Gasteiger partial charge in [0.2, 0.25) is 0 Å². The average molecular weight is 244 g/mol. The van der Waals surface area contributed by atoms with Crippen LogP contribution >= 0.6 is 11.8 Å². The van der Waals surface area contributed by atoms with Crippen LogP contribution in [0.15, 0.2) is 4.99 Å². The standard InChI is InChI=1S/C10H16N2O3S/c13-5-6-4-7(14)8-9(15-6)16-10(11-8)12-2-1-3-12/h6-9,13-14H,1-5H2/t6-,7-,8+,9+/m0/s1. The molecular formula is C10H16N2O3S. The van der Waals surface area contributed by atoms with Crippen LogP contribution in [0.2, 0.25) is 0 Å². The molecule has 3 heterocycles. The third-order valence-corrected chi connectivity index (χ3v) is 4.51. The van der Waals surface area contributed by atoms with Crippen molar-refractivity contribution in [2.45, 2.75) is 36.5 Å². The van der Waals surface area contributed by atoms with Gasteiger partial charge in [-0.2, -0.15) is 0 Å². The highest BCUT2D eigenvalue weighted by atomic mass is 32.2. The van der Waals surface area contributed by atoms with E-state index in [0.717, 1.165) is 18.3 Å². The number of likely N-dealkylation sites (tertiary alicyclic amines) is 1. The molecule has 5 nitrogen and oxygen atoms in total. The number of fused-ring (bicyclic) bond motifs is 1. The lowest BCUT2D eigenvalue weighted by molar-refractivity contribution is -0.0875. The molecule has 3 aliphatic heterocycles. The zero-order valence-corrected chi connectivity index (χ0v) is 9.77. The Kier molecular flexibility index (Phi) is 2.83. The van der Waals surface area contributed by atoms with E-state index in [1.807, 2.05) is 0 Å². The van der Waals surface area contributed by atoms with Crippen molar-refractivity contribution in [3.8, 4) is 0 Å². The molecule has 4 atom stereocenters. The van der Waals surface area contributed by atoms with E-state index in [9.17, 15) is 5.11 Å². The largest absolute Gasteiger partial charge is 0.394 e. The van der Waals surface area contributed by atoms with Crippen LogP contribution in [-0.2, 0) is 4.74 Å². The number of nitrogens with zero attached hydrogens (tertiary/aromatic N) is 2. The van der Waals surface area contributed by atoms with Crippen molar-refractivity contribution < 1.29 is 14.9 Å².